The van der Waals surface area contributed by atoms with E-state index in [2.05, 4.69) is 19.1 Å². The summed E-state index contributed by atoms with van der Waals surface area (Å²) in [7, 11) is 0. The zero-order valence-electron chi connectivity index (χ0n) is 18.0. The molecule has 0 bridgehead atoms. The monoisotopic (exact) mass is 381 g/mol. The van der Waals surface area contributed by atoms with E-state index in [1.165, 1.54) is 51.4 Å². The van der Waals surface area contributed by atoms with E-state index >= 15 is 0 Å². The van der Waals surface area contributed by atoms with E-state index in [0.717, 1.165) is 19.3 Å². The van der Waals surface area contributed by atoms with Gasteiger partial charge >= 0.3 is 5.97 Å². The van der Waals surface area contributed by atoms with E-state index < -0.39 is 5.97 Å². The first-order chi connectivity index (χ1) is 13.1. The number of nitrogens with zero attached hydrogens (tertiary/aromatic N) is 1. The number of unbranched alkanes of at least 4 members (excludes halogenated alkanes) is 9. The molecular formula is C23H43NO3. The fourth-order valence-corrected chi connectivity index (χ4v) is 3.43. The molecule has 0 aromatic rings. The van der Waals surface area contributed by atoms with Crippen LogP contribution in [0.3, 0.4) is 0 Å². The highest BCUT2D eigenvalue weighted by Gasteiger charge is 2.24. The molecule has 0 aliphatic carbocycles. The standard InChI is InChI=1S/C23H43NO3/c1-4-7-8-9-10-11-12-13-14-15-16-17-18-19-21(20-22(25)26)23(27)24(5-2)6-3/h11-12,21H,4-10,13-20H2,1-3H3,(H,25,26)/b12-11+. The second-order valence-corrected chi connectivity index (χ2v) is 7.47. The predicted octanol–water partition coefficient (Wildman–Crippen LogP) is 6.20. The number of carbonyl (C=O) groups is 2. The molecule has 4 nitrogen and oxygen atoms in total. The summed E-state index contributed by atoms with van der Waals surface area (Å²) < 4.78 is 0. The van der Waals surface area contributed by atoms with Gasteiger partial charge in [0.25, 0.3) is 0 Å². The lowest BCUT2D eigenvalue weighted by atomic mass is 9.95. The molecular weight excluding hydrogens is 338 g/mol. The van der Waals surface area contributed by atoms with Crippen LogP contribution in [0, 0.1) is 5.92 Å². The van der Waals surface area contributed by atoms with E-state index in [9.17, 15) is 9.59 Å². The van der Waals surface area contributed by atoms with Gasteiger partial charge in [0, 0.05) is 19.0 Å². The highest BCUT2D eigenvalue weighted by molar-refractivity contribution is 5.83. The van der Waals surface area contributed by atoms with Crippen molar-refractivity contribution in [3.05, 3.63) is 12.2 Å². The molecule has 0 aromatic heterocycles. The van der Waals surface area contributed by atoms with Crippen molar-refractivity contribution in [2.24, 2.45) is 5.92 Å². The van der Waals surface area contributed by atoms with Crippen LogP contribution in [0.15, 0.2) is 12.2 Å². The molecule has 0 saturated heterocycles. The highest BCUT2D eigenvalue weighted by atomic mass is 16.4. The van der Waals surface area contributed by atoms with Gasteiger partial charge in [-0.2, -0.15) is 0 Å². The van der Waals surface area contributed by atoms with Crippen LogP contribution in [0.4, 0.5) is 0 Å². The van der Waals surface area contributed by atoms with E-state index in [4.69, 9.17) is 5.11 Å². The van der Waals surface area contributed by atoms with Gasteiger partial charge in [-0.25, -0.2) is 0 Å². The molecule has 0 saturated carbocycles. The Kier molecular flexibility index (Phi) is 17.2. The lowest BCUT2D eigenvalue weighted by Gasteiger charge is -2.24. The summed E-state index contributed by atoms with van der Waals surface area (Å²) >= 11 is 0. The van der Waals surface area contributed by atoms with Gasteiger partial charge in [0.2, 0.25) is 5.91 Å². The third-order valence-corrected chi connectivity index (χ3v) is 5.16. The third-order valence-electron chi connectivity index (χ3n) is 5.16. The van der Waals surface area contributed by atoms with E-state index in [1.807, 2.05) is 13.8 Å². The Morgan fingerprint density at radius 1 is 0.815 bits per heavy atom. The Morgan fingerprint density at radius 3 is 1.85 bits per heavy atom. The molecule has 0 spiro atoms. The minimum Gasteiger partial charge on any atom is -0.481 e. The predicted molar refractivity (Wildman–Crippen MR) is 114 cm³/mol. The summed E-state index contributed by atoms with van der Waals surface area (Å²) in [6.07, 6.45) is 18.6. The summed E-state index contributed by atoms with van der Waals surface area (Å²) in [6.45, 7) is 7.43. The second-order valence-electron chi connectivity index (χ2n) is 7.47. The van der Waals surface area contributed by atoms with Crippen LogP contribution in [0.25, 0.3) is 0 Å². The molecule has 1 N–H and O–H groups in total. The molecule has 1 atom stereocenters. The minimum absolute atomic E-state index is 0.00599. The van der Waals surface area contributed by atoms with Crippen molar-refractivity contribution in [2.75, 3.05) is 13.1 Å². The number of hydrogen-bond donors (Lipinski definition) is 1. The van der Waals surface area contributed by atoms with Crippen LogP contribution in [-0.4, -0.2) is 35.0 Å². The van der Waals surface area contributed by atoms with E-state index in [-0.39, 0.29) is 18.2 Å². The quantitative estimate of drug-likeness (QED) is 0.227. The van der Waals surface area contributed by atoms with Crippen molar-refractivity contribution in [2.45, 2.75) is 104 Å². The molecule has 1 amide bonds. The van der Waals surface area contributed by atoms with Gasteiger partial charge in [-0.05, 0) is 46.0 Å². The van der Waals surface area contributed by atoms with Gasteiger partial charge in [0.1, 0.15) is 0 Å². The molecule has 0 radical (unpaired) electrons. The first kappa shape index (κ1) is 25.7. The number of rotatable bonds is 18. The van der Waals surface area contributed by atoms with Gasteiger partial charge < -0.3 is 10.0 Å². The largest absolute Gasteiger partial charge is 0.481 e. The molecule has 27 heavy (non-hydrogen) atoms. The van der Waals surface area contributed by atoms with Crippen LogP contribution in [-0.2, 0) is 9.59 Å². The van der Waals surface area contributed by atoms with Crippen molar-refractivity contribution >= 4 is 11.9 Å². The Labute approximate surface area is 167 Å². The number of hydrogen-bond acceptors (Lipinski definition) is 2. The van der Waals surface area contributed by atoms with Gasteiger partial charge in [0.15, 0.2) is 0 Å². The number of aliphatic carboxylic acids is 1. The van der Waals surface area contributed by atoms with E-state index in [0.29, 0.717) is 19.5 Å². The molecule has 4 heteroatoms. The number of amides is 1. The Bertz CT molecular complexity index is 402. The first-order valence-electron chi connectivity index (χ1n) is 11.2. The topological polar surface area (TPSA) is 57.6 Å². The van der Waals surface area contributed by atoms with Crippen molar-refractivity contribution in [1.82, 2.24) is 4.90 Å². The normalized spacial score (nSPS) is 12.4. The molecule has 1 unspecified atom stereocenters. The number of allylic oxidation sites excluding steroid dienone is 2. The van der Waals surface area contributed by atoms with Crippen molar-refractivity contribution in [3.8, 4) is 0 Å². The fourth-order valence-electron chi connectivity index (χ4n) is 3.43. The molecule has 158 valence electrons. The summed E-state index contributed by atoms with van der Waals surface area (Å²) in [5.41, 5.74) is 0. The van der Waals surface area contributed by atoms with Crippen molar-refractivity contribution < 1.29 is 14.7 Å². The maximum Gasteiger partial charge on any atom is 0.304 e. The van der Waals surface area contributed by atoms with Gasteiger partial charge in [-0.3, -0.25) is 9.59 Å². The number of carbonyl (C=O) groups excluding carboxylic acids is 1. The van der Waals surface area contributed by atoms with E-state index in [1.54, 1.807) is 4.90 Å². The smallest absolute Gasteiger partial charge is 0.304 e. The molecule has 0 fully saturated rings. The number of carboxylic acid groups (broad SMARTS) is 1. The molecule has 0 aliphatic rings. The minimum atomic E-state index is -0.873. The Balaban J connectivity index is 3.84. The Hall–Kier alpha value is -1.32. The summed E-state index contributed by atoms with van der Waals surface area (Å²) in [5, 5.41) is 9.09. The lowest BCUT2D eigenvalue weighted by Crippen LogP contribution is -2.36. The summed E-state index contributed by atoms with van der Waals surface area (Å²) in [6, 6.07) is 0. The fraction of sp³-hybridized carbons (Fsp3) is 0.826. The second kappa shape index (κ2) is 18.1. The van der Waals surface area contributed by atoms with Crippen LogP contribution in [0.5, 0.6) is 0 Å². The van der Waals surface area contributed by atoms with Gasteiger partial charge in [-0.1, -0.05) is 64.0 Å². The maximum absolute atomic E-state index is 12.4. The zero-order valence-corrected chi connectivity index (χ0v) is 18.0. The highest BCUT2D eigenvalue weighted by Crippen LogP contribution is 2.18. The van der Waals surface area contributed by atoms with Crippen LogP contribution in [0.1, 0.15) is 104 Å². The molecule has 0 heterocycles. The SMILES string of the molecule is CCCCCC/C=C/CCCCCCCC(CC(=O)O)C(=O)N(CC)CC. The summed E-state index contributed by atoms with van der Waals surface area (Å²) in [5.74, 6) is -1.23. The van der Waals surface area contributed by atoms with Crippen LogP contribution in [0.2, 0.25) is 0 Å². The molecule has 0 rings (SSSR count). The van der Waals surface area contributed by atoms with Crippen LogP contribution < -0.4 is 0 Å². The zero-order chi connectivity index (χ0) is 20.3. The average Bonchev–Trinajstić information content (AvgIpc) is 2.65. The average molecular weight is 382 g/mol. The van der Waals surface area contributed by atoms with Crippen molar-refractivity contribution in [1.29, 1.82) is 0 Å². The summed E-state index contributed by atoms with van der Waals surface area (Å²) in [4.78, 5) is 25.3. The Morgan fingerprint density at radius 2 is 1.33 bits per heavy atom. The van der Waals surface area contributed by atoms with Crippen molar-refractivity contribution in [3.63, 3.8) is 0 Å². The number of carboxylic acids is 1. The first-order valence-corrected chi connectivity index (χ1v) is 11.2. The third kappa shape index (κ3) is 14.4. The molecule has 0 aliphatic heterocycles. The van der Waals surface area contributed by atoms with Gasteiger partial charge in [-0.15, -0.1) is 0 Å². The maximum atomic E-state index is 12.4. The lowest BCUT2D eigenvalue weighted by molar-refractivity contribution is -0.144. The van der Waals surface area contributed by atoms with Crippen LogP contribution >= 0.6 is 0 Å². The molecule has 0 aromatic carbocycles. The van der Waals surface area contributed by atoms with Gasteiger partial charge in [0.05, 0.1) is 6.42 Å².